The van der Waals surface area contributed by atoms with Gasteiger partial charge in [0.15, 0.2) is 5.82 Å². The van der Waals surface area contributed by atoms with E-state index in [1.807, 2.05) is 42.8 Å². The molecule has 1 atom stereocenters. The Balaban J connectivity index is 1.61. The molecule has 3 heterocycles. The lowest BCUT2D eigenvalue weighted by Crippen LogP contribution is -2.43. The number of amides is 1. The number of carbonyl (C=O) groups is 1. The van der Waals surface area contributed by atoms with Crippen molar-refractivity contribution in [2.75, 3.05) is 38.3 Å². The number of piperidine rings is 1. The second kappa shape index (κ2) is 9.83. The molecule has 0 aliphatic carbocycles. The summed E-state index contributed by atoms with van der Waals surface area (Å²) in [5, 5.41) is 18.5. The largest absolute Gasteiger partial charge is 0.385 e. The molecular formula is C23H29ClN6O2. The average Bonchev–Trinajstić information content (AvgIpc) is 3.15. The van der Waals surface area contributed by atoms with Gasteiger partial charge in [0.2, 0.25) is 5.91 Å². The summed E-state index contributed by atoms with van der Waals surface area (Å²) in [6.07, 6.45) is 2.60. The summed E-state index contributed by atoms with van der Waals surface area (Å²) in [7, 11) is 1.67. The van der Waals surface area contributed by atoms with Crippen molar-refractivity contribution in [1.82, 2.24) is 25.3 Å². The number of hydrogen-bond donors (Lipinski definition) is 1. The molecule has 0 saturated carbocycles. The van der Waals surface area contributed by atoms with Crippen molar-refractivity contribution in [1.29, 1.82) is 0 Å². The summed E-state index contributed by atoms with van der Waals surface area (Å²) in [5.41, 5.74) is 3.58. The minimum atomic E-state index is -0.0797. The molecule has 1 aromatic carbocycles. The van der Waals surface area contributed by atoms with Gasteiger partial charge in [0.05, 0.1) is 28.4 Å². The molecule has 1 amide bonds. The van der Waals surface area contributed by atoms with Gasteiger partial charge in [0.1, 0.15) is 5.52 Å². The number of carbonyl (C=O) groups excluding carboxylic acids is 1. The third-order valence-electron chi connectivity index (χ3n) is 5.97. The molecular weight excluding hydrogens is 428 g/mol. The molecule has 8 nitrogen and oxygen atoms in total. The number of nitrogens with zero attached hydrogens (tertiary/aromatic N) is 5. The van der Waals surface area contributed by atoms with Crippen molar-refractivity contribution in [3.63, 3.8) is 0 Å². The minimum Gasteiger partial charge on any atom is -0.385 e. The first-order valence-corrected chi connectivity index (χ1v) is 11.4. The van der Waals surface area contributed by atoms with Crippen LogP contribution in [-0.4, -0.2) is 59.2 Å². The molecule has 0 bridgehead atoms. The Hall–Kier alpha value is -2.71. The molecule has 0 unspecified atom stereocenters. The summed E-state index contributed by atoms with van der Waals surface area (Å²) in [5.74, 6) is 0.743. The van der Waals surface area contributed by atoms with Gasteiger partial charge in [-0.2, -0.15) is 10.2 Å². The van der Waals surface area contributed by atoms with Gasteiger partial charge in [-0.05, 0) is 57.4 Å². The van der Waals surface area contributed by atoms with Crippen LogP contribution in [0.25, 0.3) is 16.6 Å². The fourth-order valence-electron chi connectivity index (χ4n) is 4.31. The van der Waals surface area contributed by atoms with Crippen LogP contribution >= 0.6 is 11.6 Å². The third-order valence-corrected chi connectivity index (χ3v) is 6.22. The Labute approximate surface area is 192 Å². The molecule has 1 aliphatic heterocycles. The molecule has 32 heavy (non-hydrogen) atoms. The first-order chi connectivity index (χ1) is 15.5. The molecule has 1 saturated heterocycles. The Kier molecular flexibility index (Phi) is 6.91. The van der Waals surface area contributed by atoms with Crippen LogP contribution in [0.4, 0.5) is 5.82 Å². The van der Waals surface area contributed by atoms with Crippen LogP contribution in [0.15, 0.2) is 24.3 Å². The zero-order valence-corrected chi connectivity index (χ0v) is 19.5. The quantitative estimate of drug-likeness (QED) is 0.548. The highest BCUT2D eigenvalue weighted by atomic mass is 35.5. The first-order valence-electron chi connectivity index (χ1n) is 11.0. The highest BCUT2D eigenvalue weighted by Crippen LogP contribution is 2.31. The third kappa shape index (κ3) is 4.56. The maximum atomic E-state index is 12.7. The average molecular weight is 457 g/mol. The fraction of sp³-hybridized carbons (Fsp3) is 0.478. The topological polar surface area (TPSA) is 85.2 Å². The van der Waals surface area contributed by atoms with E-state index in [2.05, 4.69) is 20.4 Å². The smallest absolute Gasteiger partial charge is 0.224 e. The highest BCUT2D eigenvalue weighted by Gasteiger charge is 2.29. The molecule has 1 N–H and O–H groups in total. The number of fused-ring (bicyclic) bond motifs is 1. The van der Waals surface area contributed by atoms with Crippen molar-refractivity contribution in [3.8, 4) is 5.69 Å². The zero-order chi connectivity index (χ0) is 22.7. The zero-order valence-electron chi connectivity index (χ0n) is 18.8. The molecule has 9 heteroatoms. The van der Waals surface area contributed by atoms with Gasteiger partial charge in [-0.3, -0.25) is 4.79 Å². The Bertz CT molecular complexity index is 1100. The number of rotatable bonds is 7. The Morgan fingerprint density at radius 1 is 1.25 bits per heavy atom. The summed E-state index contributed by atoms with van der Waals surface area (Å²) in [6.45, 7) is 6.69. The number of benzene rings is 1. The van der Waals surface area contributed by atoms with Crippen LogP contribution in [0, 0.1) is 19.8 Å². The van der Waals surface area contributed by atoms with Crippen LogP contribution in [-0.2, 0) is 9.53 Å². The van der Waals surface area contributed by atoms with E-state index in [1.54, 1.807) is 7.11 Å². The number of aromatic nitrogens is 4. The first kappa shape index (κ1) is 22.5. The summed E-state index contributed by atoms with van der Waals surface area (Å²) in [6, 6.07) is 7.60. The lowest BCUT2D eigenvalue weighted by molar-refractivity contribution is -0.125. The predicted octanol–water partition coefficient (Wildman–Crippen LogP) is 3.45. The van der Waals surface area contributed by atoms with E-state index in [4.69, 9.17) is 21.4 Å². The SMILES string of the molecule is COCCCNC(=O)[C@@H]1CCCN(c2nnc(C)c3c(C)n(-c4ccc(Cl)cc4)nc23)C1. The van der Waals surface area contributed by atoms with Crippen molar-refractivity contribution >= 4 is 34.2 Å². The van der Waals surface area contributed by atoms with Crippen LogP contribution in [0.1, 0.15) is 30.7 Å². The van der Waals surface area contributed by atoms with E-state index in [1.165, 1.54) is 0 Å². The summed E-state index contributed by atoms with van der Waals surface area (Å²) < 4.78 is 6.96. The Morgan fingerprint density at radius 3 is 2.78 bits per heavy atom. The predicted molar refractivity (Wildman–Crippen MR) is 126 cm³/mol. The van der Waals surface area contributed by atoms with Gasteiger partial charge >= 0.3 is 0 Å². The summed E-state index contributed by atoms with van der Waals surface area (Å²) in [4.78, 5) is 14.8. The maximum absolute atomic E-state index is 12.7. The normalized spacial score (nSPS) is 16.5. The van der Waals surface area contributed by atoms with Gasteiger partial charge < -0.3 is 15.0 Å². The minimum absolute atomic E-state index is 0.0797. The summed E-state index contributed by atoms with van der Waals surface area (Å²) >= 11 is 6.06. The van der Waals surface area contributed by atoms with Crippen molar-refractivity contribution in [3.05, 3.63) is 40.7 Å². The van der Waals surface area contributed by atoms with Gasteiger partial charge in [-0.1, -0.05) is 11.6 Å². The highest BCUT2D eigenvalue weighted by molar-refractivity contribution is 6.30. The van der Waals surface area contributed by atoms with E-state index in [-0.39, 0.29) is 11.8 Å². The van der Waals surface area contributed by atoms with E-state index < -0.39 is 0 Å². The van der Waals surface area contributed by atoms with Gasteiger partial charge in [-0.25, -0.2) is 4.68 Å². The molecule has 3 aromatic rings. The molecule has 170 valence electrons. The maximum Gasteiger partial charge on any atom is 0.224 e. The van der Waals surface area contributed by atoms with Crippen LogP contribution in [0.5, 0.6) is 0 Å². The van der Waals surface area contributed by atoms with Crippen molar-refractivity contribution in [2.45, 2.75) is 33.1 Å². The molecule has 1 aliphatic rings. The second-order valence-electron chi connectivity index (χ2n) is 8.23. The van der Waals surface area contributed by atoms with Gasteiger partial charge in [0.25, 0.3) is 0 Å². The molecule has 0 spiro atoms. The number of ether oxygens (including phenoxy) is 1. The molecule has 4 rings (SSSR count). The fourth-order valence-corrected chi connectivity index (χ4v) is 4.44. The lowest BCUT2D eigenvalue weighted by atomic mass is 9.97. The molecule has 0 radical (unpaired) electrons. The van der Waals surface area contributed by atoms with Gasteiger partial charge in [0, 0.05) is 38.4 Å². The van der Waals surface area contributed by atoms with E-state index in [0.717, 1.165) is 59.6 Å². The molecule has 1 fully saturated rings. The number of nitrogens with one attached hydrogen (secondary N) is 1. The van der Waals surface area contributed by atoms with Gasteiger partial charge in [-0.15, -0.1) is 5.10 Å². The monoisotopic (exact) mass is 456 g/mol. The lowest BCUT2D eigenvalue weighted by Gasteiger charge is -2.32. The molecule has 2 aromatic heterocycles. The number of hydrogen-bond acceptors (Lipinski definition) is 6. The Morgan fingerprint density at radius 2 is 2.03 bits per heavy atom. The van der Waals surface area contributed by atoms with Crippen molar-refractivity contribution in [2.24, 2.45) is 5.92 Å². The van der Waals surface area contributed by atoms with Crippen LogP contribution < -0.4 is 10.2 Å². The van der Waals surface area contributed by atoms with Crippen LogP contribution in [0.2, 0.25) is 5.02 Å². The van der Waals surface area contributed by atoms with E-state index in [9.17, 15) is 4.79 Å². The number of anilines is 1. The van der Waals surface area contributed by atoms with Crippen molar-refractivity contribution < 1.29 is 9.53 Å². The number of halogens is 1. The van der Waals surface area contributed by atoms with E-state index >= 15 is 0 Å². The van der Waals surface area contributed by atoms with E-state index in [0.29, 0.717) is 24.7 Å². The number of methoxy groups -OCH3 is 1. The number of aryl methyl sites for hydroxylation is 2. The standard InChI is InChI=1S/C23H29ClN6O2/c1-15-20-16(2)30(19-9-7-18(24)8-10-19)28-21(20)22(27-26-15)29-12-4-6-17(14-29)23(31)25-11-5-13-32-3/h7-10,17H,4-6,11-14H2,1-3H3,(H,25,31)/t17-/m1/s1. The van der Waals surface area contributed by atoms with Crippen LogP contribution in [0.3, 0.4) is 0 Å². The second-order valence-corrected chi connectivity index (χ2v) is 8.67.